The second-order valence-electron chi connectivity index (χ2n) is 3.92. The molecule has 0 atom stereocenters. The van der Waals surface area contributed by atoms with Crippen LogP contribution in [0.15, 0.2) is 39.0 Å². The zero-order valence-corrected chi connectivity index (χ0v) is 13.8. The minimum absolute atomic E-state index is 0.122. The van der Waals surface area contributed by atoms with Crippen molar-refractivity contribution in [3.05, 3.63) is 39.0 Å². The molecule has 0 saturated carbocycles. The molecule has 3 N–H and O–H groups in total. The van der Waals surface area contributed by atoms with E-state index in [1.54, 1.807) is 0 Å². The predicted molar refractivity (Wildman–Crippen MR) is 83.5 cm³/mol. The summed E-state index contributed by atoms with van der Waals surface area (Å²) >= 11 is 4.84. The van der Waals surface area contributed by atoms with E-state index >= 15 is 0 Å². The fourth-order valence-electron chi connectivity index (χ4n) is 1.55. The van der Waals surface area contributed by atoms with Crippen LogP contribution in [0.4, 0.5) is 5.69 Å². The summed E-state index contributed by atoms with van der Waals surface area (Å²) in [7, 11) is -2.16. The van der Waals surface area contributed by atoms with Crippen molar-refractivity contribution in [2.24, 2.45) is 0 Å². The predicted octanol–water partition coefficient (Wildman–Crippen LogP) is 2.58. The Hall–Kier alpha value is -1.09. The maximum absolute atomic E-state index is 12.2. The summed E-state index contributed by atoms with van der Waals surface area (Å²) in [6.07, 6.45) is 0. The molecule has 0 radical (unpaired) electrons. The molecule has 0 aliphatic heterocycles. The number of hydrogen-bond acceptors (Lipinski definition) is 5. The van der Waals surface area contributed by atoms with Gasteiger partial charge < -0.3 is 10.5 Å². The number of methoxy groups -OCH3 is 1. The van der Waals surface area contributed by atoms with Gasteiger partial charge in [-0.2, -0.15) is 0 Å². The third-order valence-corrected chi connectivity index (χ3v) is 5.95. The number of ether oxygens (including phenoxy) is 1. The fourth-order valence-corrected chi connectivity index (χ4v) is 4.09. The van der Waals surface area contributed by atoms with Gasteiger partial charge in [-0.3, -0.25) is 0 Å². The van der Waals surface area contributed by atoms with Crippen molar-refractivity contribution < 1.29 is 13.2 Å². The smallest absolute Gasteiger partial charge is 0.241 e. The van der Waals surface area contributed by atoms with E-state index in [-0.39, 0.29) is 11.4 Å². The van der Waals surface area contributed by atoms with Gasteiger partial charge in [0.1, 0.15) is 5.75 Å². The van der Waals surface area contributed by atoms with Gasteiger partial charge in [-0.25, -0.2) is 13.1 Å². The molecule has 0 saturated heterocycles. The summed E-state index contributed by atoms with van der Waals surface area (Å²) in [6, 6.07) is 6.24. The Morgan fingerprint density at radius 2 is 2.15 bits per heavy atom. The van der Waals surface area contributed by atoms with Crippen LogP contribution in [0.5, 0.6) is 5.75 Å². The molecule has 2 rings (SSSR count). The minimum Gasteiger partial charge on any atom is -0.495 e. The minimum atomic E-state index is -3.60. The molecule has 1 aromatic carbocycles. The quantitative estimate of drug-likeness (QED) is 0.785. The van der Waals surface area contributed by atoms with E-state index in [0.29, 0.717) is 11.4 Å². The van der Waals surface area contributed by atoms with Gasteiger partial charge in [-0.05, 0) is 39.5 Å². The topological polar surface area (TPSA) is 81.4 Å². The molecule has 1 heterocycles. The van der Waals surface area contributed by atoms with Crippen molar-refractivity contribution >= 4 is 43.0 Å². The monoisotopic (exact) mass is 376 g/mol. The van der Waals surface area contributed by atoms with Crippen LogP contribution in [0.3, 0.4) is 0 Å². The van der Waals surface area contributed by atoms with Gasteiger partial charge in [0, 0.05) is 22.0 Å². The van der Waals surface area contributed by atoms with E-state index in [1.165, 1.54) is 36.6 Å². The SMILES string of the molecule is COc1cc(S(=O)(=O)NCc2sccc2Br)ccc1N. The molecular formula is C12H13BrN2O3S2. The first-order valence-corrected chi connectivity index (χ1v) is 8.74. The van der Waals surface area contributed by atoms with Crippen molar-refractivity contribution in [1.29, 1.82) is 0 Å². The fraction of sp³-hybridized carbons (Fsp3) is 0.167. The van der Waals surface area contributed by atoms with Crippen LogP contribution in [0.2, 0.25) is 0 Å². The molecule has 1 aromatic heterocycles. The van der Waals surface area contributed by atoms with E-state index in [4.69, 9.17) is 10.5 Å². The lowest BCUT2D eigenvalue weighted by Gasteiger charge is -2.09. The summed E-state index contributed by atoms with van der Waals surface area (Å²) < 4.78 is 32.9. The highest BCUT2D eigenvalue weighted by molar-refractivity contribution is 9.10. The summed E-state index contributed by atoms with van der Waals surface area (Å²) in [5.41, 5.74) is 6.07. The maximum Gasteiger partial charge on any atom is 0.241 e. The molecule has 0 unspecified atom stereocenters. The van der Waals surface area contributed by atoms with Gasteiger partial charge in [0.25, 0.3) is 0 Å². The Morgan fingerprint density at radius 1 is 1.40 bits per heavy atom. The summed E-state index contributed by atoms with van der Waals surface area (Å²) in [5, 5.41) is 1.89. The first-order valence-electron chi connectivity index (χ1n) is 5.59. The Labute approximate surface area is 129 Å². The number of thiophene rings is 1. The molecule has 0 aliphatic carbocycles. The molecule has 0 amide bonds. The van der Waals surface area contributed by atoms with E-state index in [9.17, 15) is 8.42 Å². The van der Waals surface area contributed by atoms with Crippen molar-refractivity contribution in [3.8, 4) is 5.75 Å². The highest BCUT2D eigenvalue weighted by Gasteiger charge is 2.16. The normalized spacial score (nSPS) is 11.5. The van der Waals surface area contributed by atoms with Crippen LogP contribution >= 0.6 is 27.3 Å². The molecule has 2 aromatic rings. The van der Waals surface area contributed by atoms with Crippen molar-refractivity contribution in [2.45, 2.75) is 11.4 Å². The van der Waals surface area contributed by atoms with Gasteiger partial charge in [0.15, 0.2) is 0 Å². The molecule has 0 aliphatic rings. The number of halogens is 1. The first kappa shape index (κ1) is 15.3. The molecule has 108 valence electrons. The number of nitrogens with two attached hydrogens (primary N) is 1. The van der Waals surface area contributed by atoms with Crippen LogP contribution in [0.1, 0.15) is 4.88 Å². The van der Waals surface area contributed by atoms with Gasteiger partial charge in [0.2, 0.25) is 10.0 Å². The average Bonchev–Trinajstić information content (AvgIpc) is 2.82. The average molecular weight is 377 g/mol. The standard InChI is InChI=1S/C12H13BrN2O3S2/c1-18-11-6-8(2-3-10(11)14)20(16,17)15-7-12-9(13)4-5-19-12/h2-6,15H,7,14H2,1H3. The van der Waals surface area contributed by atoms with Crippen LogP contribution in [-0.2, 0) is 16.6 Å². The number of rotatable bonds is 5. The lowest BCUT2D eigenvalue weighted by atomic mass is 10.3. The maximum atomic E-state index is 12.2. The number of sulfonamides is 1. The number of benzene rings is 1. The number of nitrogens with one attached hydrogen (secondary N) is 1. The molecule has 8 heteroatoms. The van der Waals surface area contributed by atoms with E-state index in [0.717, 1.165) is 9.35 Å². The molecule has 0 spiro atoms. The first-order chi connectivity index (χ1) is 9.44. The van der Waals surface area contributed by atoms with Gasteiger partial charge in [0.05, 0.1) is 17.7 Å². The number of hydrogen-bond donors (Lipinski definition) is 2. The Morgan fingerprint density at radius 3 is 2.75 bits per heavy atom. The third-order valence-electron chi connectivity index (χ3n) is 2.63. The van der Waals surface area contributed by atoms with Crippen LogP contribution < -0.4 is 15.2 Å². The number of anilines is 1. The van der Waals surface area contributed by atoms with Gasteiger partial charge in [-0.1, -0.05) is 0 Å². The number of nitrogen functional groups attached to an aromatic ring is 1. The van der Waals surface area contributed by atoms with Crippen molar-refractivity contribution in [3.63, 3.8) is 0 Å². The Bertz CT molecular complexity index is 713. The van der Waals surface area contributed by atoms with Crippen LogP contribution in [0.25, 0.3) is 0 Å². The lowest BCUT2D eigenvalue weighted by Crippen LogP contribution is -2.23. The van der Waals surface area contributed by atoms with Crippen molar-refractivity contribution in [2.75, 3.05) is 12.8 Å². The zero-order chi connectivity index (χ0) is 14.8. The second kappa shape index (κ2) is 6.13. The Kier molecular flexibility index (Phi) is 4.69. The lowest BCUT2D eigenvalue weighted by molar-refractivity contribution is 0.415. The molecule has 20 heavy (non-hydrogen) atoms. The van der Waals surface area contributed by atoms with E-state index < -0.39 is 10.0 Å². The summed E-state index contributed by atoms with van der Waals surface area (Å²) in [4.78, 5) is 1.03. The molecular weight excluding hydrogens is 364 g/mol. The Balaban J connectivity index is 2.20. The zero-order valence-electron chi connectivity index (χ0n) is 10.6. The summed E-state index contributed by atoms with van der Waals surface area (Å²) in [6.45, 7) is 0.229. The largest absolute Gasteiger partial charge is 0.495 e. The van der Waals surface area contributed by atoms with Crippen molar-refractivity contribution in [1.82, 2.24) is 4.72 Å². The molecule has 5 nitrogen and oxygen atoms in total. The van der Waals surface area contributed by atoms with Crippen LogP contribution in [-0.4, -0.2) is 15.5 Å². The molecule has 0 bridgehead atoms. The van der Waals surface area contributed by atoms with Gasteiger partial charge >= 0.3 is 0 Å². The van der Waals surface area contributed by atoms with Crippen LogP contribution in [0, 0.1) is 0 Å². The summed E-state index contributed by atoms with van der Waals surface area (Å²) in [5.74, 6) is 0.338. The highest BCUT2D eigenvalue weighted by Crippen LogP contribution is 2.26. The van der Waals surface area contributed by atoms with Gasteiger partial charge in [-0.15, -0.1) is 11.3 Å². The second-order valence-corrected chi connectivity index (χ2v) is 7.54. The highest BCUT2D eigenvalue weighted by atomic mass is 79.9. The van der Waals surface area contributed by atoms with E-state index in [2.05, 4.69) is 20.7 Å². The third kappa shape index (κ3) is 3.32. The van der Waals surface area contributed by atoms with E-state index in [1.807, 2.05) is 11.4 Å². The molecule has 0 fully saturated rings.